The van der Waals surface area contributed by atoms with Crippen LogP contribution in [0.3, 0.4) is 0 Å². The van der Waals surface area contributed by atoms with Crippen molar-refractivity contribution in [1.29, 1.82) is 0 Å². The van der Waals surface area contributed by atoms with Crippen LogP contribution in [0.1, 0.15) is 21.6 Å². The molecule has 11 nitrogen and oxygen atoms in total. The topological polar surface area (TPSA) is 157 Å². The number of benzene rings is 2. The van der Waals surface area contributed by atoms with Crippen LogP contribution in [0.15, 0.2) is 60.7 Å². The van der Waals surface area contributed by atoms with Crippen LogP contribution in [-0.4, -0.2) is 82.1 Å². The summed E-state index contributed by atoms with van der Waals surface area (Å²) in [5.74, 6) is -3.11. The van der Waals surface area contributed by atoms with E-state index in [0.29, 0.717) is 11.1 Å². The second kappa shape index (κ2) is 15.9. The number of carbonyl (C=O) groups is 4. The second-order valence-corrected chi connectivity index (χ2v) is 14.1. The van der Waals surface area contributed by atoms with Gasteiger partial charge in [-0.3, -0.25) is 14.9 Å². The average Bonchev–Trinajstić information content (AvgIpc) is 2.99. The van der Waals surface area contributed by atoms with Crippen molar-refractivity contribution in [2.45, 2.75) is 34.7 Å². The lowest BCUT2D eigenvalue weighted by Gasteiger charge is -2.41. The van der Waals surface area contributed by atoms with E-state index in [1.807, 2.05) is 0 Å². The lowest BCUT2D eigenvalue weighted by Crippen LogP contribution is -2.66. The molecule has 1 aliphatic rings. The highest BCUT2D eigenvalue weighted by Crippen LogP contribution is 2.42. The molecule has 1 fully saturated rings. The maximum atomic E-state index is 14.5. The van der Waals surface area contributed by atoms with Crippen LogP contribution in [0.25, 0.3) is 0 Å². The molecule has 0 aliphatic carbocycles. The van der Waals surface area contributed by atoms with Crippen molar-refractivity contribution in [3.05, 3.63) is 71.8 Å². The number of nitrogens with one attached hydrogen (secondary N) is 3. The highest BCUT2D eigenvalue weighted by Gasteiger charge is 2.54. The molecule has 0 aromatic heterocycles. The molecule has 2 aromatic carbocycles. The molecule has 6 atom stereocenters. The number of amides is 2. The number of thiol groups is 2. The number of carbonyl (C=O) groups excluding carboxylic acids is 4. The normalized spacial score (nSPS) is 22.7. The number of hydrogen-bond acceptors (Lipinski definition) is 13. The Morgan fingerprint density at radius 2 is 1.12 bits per heavy atom. The van der Waals surface area contributed by atoms with Gasteiger partial charge in [-0.05, 0) is 11.1 Å². The van der Waals surface area contributed by atoms with Gasteiger partial charge >= 0.3 is 11.9 Å². The first-order valence-corrected chi connectivity index (χ1v) is 18.2. The van der Waals surface area contributed by atoms with E-state index in [9.17, 15) is 27.6 Å². The Balaban J connectivity index is 2.15. The maximum Gasteiger partial charge on any atom is 0.329 e. The Kier molecular flexibility index (Phi) is 12.9. The van der Waals surface area contributed by atoms with E-state index in [-0.39, 0.29) is 11.5 Å². The van der Waals surface area contributed by atoms with Crippen molar-refractivity contribution in [3.8, 4) is 0 Å². The van der Waals surface area contributed by atoms with Crippen molar-refractivity contribution in [2.75, 3.05) is 25.7 Å². The smallest absolute Gasteiger partial charge is 0.329 e. The van der Waals surface area contributed by atoms with Crippen molar-refractivity contribution in [3.63, 3.8) is 0 Å². The van der Waals surface area contributed by atoms with Crippen LogP contribution < -0.4 is 16.0 Å². The zero-order chi connectivity index (χ0) is 30.9. The quantitative estimate of drug-likeness (QED) is 0.127. The molecule has 16 heteroatoms. The van der Waals surface area contributed by atoms with Crippen LogP contribution in [0.5, 0.6) is 0 Å². The van der Waals surface area contributed by atoms with Crippen molar-refractivity contribution < 1.29 is 37.1 Å². The molecule has 1 heterocycles. The van der Waals surface area contributed by atoms with Gasteiger partial charge in [-0.15, -0.1) is 23.3 Å². The van der Waals surface area contributed by atoms with Gasteiger partial charge in [0.1, 0.15) is 34.7 Å². The number of esters is 2. The van der Waals surface area contributed by atoms with Crippen LogP contribution in [0, 0.1) is 0 Å². The van der Waals surface area contributed by atoms with Crippen LogP contribution in [0.4, 0.5) is 0 Å². The molecule has 6 unspecified atom stereocenters. The minimum atomic E-state index is -4.36. The predicted molar refractivity (Wildman–Crippen MR) is 169 cm³/mol. The van der Waals surface area contributed by atoms with Gasteiger partial charge in [-0.25, -0.2) is 18.0 Å². The molecule has 228 valence electrons. The molecule has 3 N–H and O–H groups in total. The van der Waals surface area contributed by atoms with E-state index in [4.69, 9.17) is 9.47 Å². The Morgan fingerprint density at radius 3 is 1.43 bits per heavy atom. The number of sulfone groups is 1. The average molecular weight is 674 g/mol. The van der Waals surface area contributed by atoms with Gasteiger partial charge in [0, 0.05) is 11.5 Å². The van der Waals surface area contributed by atoms with E-state index in [1.54, 1.807) is 60.7 Å². The van der Waals surface area contributed by atoms with Crippen LogP contribution in [0.2, 0.25) is 0 Å². The molecule has 1 saturated heterocycles. The van der Waals surface area contributed by atoms with E-state index in [2.05, 4.69) is 39.3 Å². The lowest BCUT2D eigenvalue weighted by atomic mass is 9.98. The highest BCUT2D eigenvalue weighted by molar-refractivity contribution is 8.68. The molecule has 2 aromatic rings. The van der Waals surface area contributed by atoms with Crippen molar-refractivity contribution in [2.24, 2.45) is 0 Å². The summed E-state index contributed by atoms with van der Waals surface area (Å²) in [6.07, 6.45) is 0. The van der Waals surface area contributed by atoms with E-state index in [0.717, 1.165) is 35.8 Å². The molecule has 0 saturated carbocycles. The molecular weight excluding hydrogens is 643 g/mol. The minimum absolute atomic E-state index is 0.0375. The number of hydrogen-bond donors (Lipinski definition) is 5. The Hall–Kier alpha value is -2.37. The summed E-state index contributed by atoms with van der Waals surface area (Å²) in [7, 11) is -0.0804. The zero-order valence-corrected chi connectivity index (χ0v) is 26.8. The third-order valence-electron chi connectivity index (χ3n) is 6.58. The van der Waals surface area contributed by atoms with Gasteiger partial charge in [0.15, 0.2) is 9.84 Å². The predicted octanol–water partition coefficient (Wildman–Crippen LogP) is 1.70. The highest BCUT2D eigenvalue weighted by atomic mass is 33.1. The molecule has 3 rings (SSSR count). The molecule has 0 bridgehead atoms. The summed E-state index contributed by atoms with van der Waals surface area (Å²) >= 11 is 8.12. The lowest BCUT2D eigenvalue weighted by molar-refractivity contribution is -0.145. The van der Waals surface area contributed by atoms with Gasteiger partial charge in [-0.1, -0.05) is 82.3 Å². The van der Waals surface area contributed by atoms with Gasteiger partial charge in [0.25, 0.3) is 0 Å². The van der Waals surface area contributed by atoms with Gasteiger partial charge in [0.2, 0.25) is 11.8 Å². The number of ether oxygens (including phenoxy) is 2. The maximum absolute atomic E-state index is 14.5. The fourth-order valence-electron chi connectivity index (χ4n) is 4.68. The fraction of sp³-hybridized carbons (Fsp3) is 0.385. The molecular formula is C26H31N3O8S5. The van der Waals surface area contributed by atoms with E-state index >= 15 is 0 Å². The fourth-order valence-corrected chi connectivity index (χ4v) is 8.86. The molecule has 0 radical (unpaired) electrons. The van der Waals surface area contributed by atoms with E-state index in [1.165, 1.54) is 0 Å². The van der Waals surface area contributed by atoms with Crippen molar-refractivity contribution >= 4 is 78.5 Å². The van der Waals surface area contributed by atoms with Crippen LogP contribution >= 0.6 is 44.9 Å². The van der Waals surface area contributed by atoms with E-state index < -0.39 is 68.3 Å². The van der Waals surface area contributed by atoms with Gasteiger partial charge < -0.3 is 20.1 Å². The van der Waals surface area contributed by atoms with Crippen LogP contribution in [-0.2, 0) is 38.5 Å². The summed E-state index contributed by atoms with van der Waals surface area (Å²) in [5, 5.41) is 5.16. The standard InChI is InChI=1S/C26H31N3O8S5/c1-36-25(32)17(13-40-38)27-23(30)19-21(15-9-5-3-6-10-15)42(34,35)22(16-11-7-4-8-12-16)20(29-19)24(31)28-18(14-41-39)26(33)37-2/h3-12,17-22,29,38-39H,13-14H2,1-2H3,(H,27,30)(H,28,31). The Bertz CT molecular complexity index is 1250. The summed E-state index contributed by atoms with van der Waals surface area (Å²) in [6.45, 7) is 0. The monoisotopic (exact) mass is 673 g/mol. The molecule has 0 spiro atoms. The summed E-state index contributed by atoms with van der Waals surface area (Å²) in [5.41, 5.74) is 0.615. The van der Waals surface area contributed by atoms with Gasteiger partial charge in [0.05, 0.1) is 14.2 Å². The SMILES string of the molecule is COC(=O)C(CSS)NC(=O)C1NC(C(=O)NC(CSS)C(=O)OC)C(c2ccccc2)S(=O)(=O)C1c1ccccc1. The Labute approximate surface area is 262 Å². The summed E-state index contributed by atoms with van der Waals surface area (Å²) in [6, 6.07) is 11.0. The van der Waals surface area contributed by atoms with Crippen molar-refractivity contribution in [1.82, 2.24) is 16.0 Å². The largest absolute Gasteiger partial charge is 0.467 e. The minimum Gasteiger partial charge on any atom is -0.467 e. The second-order valence-electron chi connectivity index (χ2n) is 9.13. The number of rotatable bonds is 12. The summed E-state index contributed by atoms with van der Waals surface area (Å²) in [4.78, 5) is 52.2. The Morgan fingerprint density at radius 1 is 0.762 bits per heavy atom. The molecule has 42 heavy (non-hydrogen) atoms. The molecule has 1 aliphatic heterocycles. The first-order valence-electron chi connectivity index (χ1n) is 12.5. The third-order valence-corrected chi connectivity index (χ3v) is 10.9. The molecule has 2 amide bonds. The third kappa shape index (κ3) is 7.96. The zero-order valence-electron chi connectivity index (χ0n) is 22.5. The first kappa shape index (κ1) is 34.1. The number of methoxy groups -OCH3 is 2. The first-order chi connectivity index (χ1) is 20.1. The summed E-state index contributed by atoms with van der Waals surface area (Å²) < 4.78 is 38.6. The van der Waals surface area contributed by atoms with Gasteiger partial charge in [-0.2, -0.15) is 0 Å².